The lowest BCUT2D eigenvalue weighted by molar-refractivity contribution is -0.140. The molecule has 1 saturated heterocycles. The van der Waals surface area contributed by atoms with Crippen LogP contribution in [0.4, 0.5) is 0 Å². The van der Waals surface area contributed by atoms with Crippen LogP contribution < -0.4 is 0 Å². The number of pyridine rings is 1. The Labute approximate surface area is 186 Å². The predicted molar refractivity (Wildman–Crippen MR) is 118 cm³/mol. The summed E-state index contributed by atoms with van der Waals surface area (Å²) < 4.78 is 5.07. The third-order valence-electron chi connectivity index (χ3n) is 5.48. The minimum absolute atomic E-state index is 0.0256. The summed E-state index contributed by atoms with van der Waals surface area (Å²) in [5.41, 5.74) is 2.04. The van der Waals surface area contributed by atoms with E-state index in [0.29, 0.717) is 35.5 Å². The van der Waals surface area contributed by atoms with Gasteiger partial charge in [0.25, 0.3) is 11.7 Å². The number of Topliss-reactive ketones (excluding diaryl/α,β-unsaturated/α-hetero) is 1. The number of aliphatic hydroxyl groups excluding tert-OH is 1. The highest BCUT2D eigenvalue weighted by atomic mass is 16.5. The molecule has 0 saturated carbocycles. The number of amides is 1. The number of aromatic nitrogens is 2. The van der Waals surface area contributed by atoms with Gasteiger partial charge in [-0.2, -0.15) is 0 Å². The molecule has 1 aliphatic rings. The fraction of sp³-hybridized carbons (Fsp3) is 0.391. The van der Waals surface area contributed by atoms with Crippen LogP contribution in [0.15, 0.2) is 30.1 Å². The highest BCUT2D eigenvalue weighted by Crippen LogP contribution is 2.40. The number of H-pyrrole nitrogens is 1. The largest absolute Gasteiger partial charge is 0.507 e. The van der Waals surface area contributed by atoms with Gasteiger partial charge in [-0.3, -0.25) is 14.6 Å². The molecular formula is C23H28N4O5. The molecule has 9 nitrogen and oxygen atoms in total. The summed E-state index contributed by atoms with van der Waals surface area (Å²) in [6, 6.07) is 2.69. The van der Waals surface area contributed by atoms with E-state index in [9.17, 15) is 19.5 Å². The molecule has 2 aromatic heterocycles. The van der Waals surface area contributed by atoms with Crippen LogP contribution in [0, 0.1) is 13.8 Å². The number of hydrogen-bond donors (Lipinski definition) is 2. The first-order chi connectivity index (χ1) is 15.2. The Morgan fingerprint density at radius 1 is 1.31 bits per heavy atom. The topological polar surface area (TPSA) is 116 Å². The number of ether oxygens (including phenoxy) is 1. The van der Waals surface area contributed by atoms with Crippen LogP contribution in [0.3, 0.4) is 0 Å². The molecule has 0 aromatic carbocycles. The van der Waals surface area contributed by atoms with Crippen molar-refractivity contribution in [3.8, 4) is 0 Å². The van der Waals surface area contributed by atoms with Crippen molar-refractivity contribution in [1.82, 2.24) is 19.8 Å². The second-order valence-electron chi connectivity index (χ2n) is 7.93. The van der Waals surface area contributed by atoms with E-state index in [-0.39, 0.29) is 23.6 Å². The SMILES string of the molecule is CCOC(=O)c1[nH]c(C)c(C(O)=C2C(=O)C(=O)N(CCN(C)C)[C@@H]2c2cccnc2)c1C. The smallest absolute Gasteiger partial charge is 0.355 e. The molecule has 2 N–H and O–H groups in total. The van der Waals surface area contributed by atoms with E-state index in [1.165, 1.54) is 4.90 Å². The maximum atomic E-state index is 13.1. The second-order valence-corrected chi connectivity index (χ2v) is 7.93. The first-order valence-electron chi connectivity index (χ1n) is 10.4. The van der Waals surface area contributed by atoms with Crippen LogP contribution in [-0.2, 0) is 14.3 Å². The second kappa shape index (κ2) is 9.35. The average molecular weight is 441 g/mol. The van der Waals surface area contributed by atoms with Gasteiger partial charge in [-0.05, 0) is 52.1 Å². The quantitative estimate of drug-likeness (QED) is 0.293. The number of nitrogens with zero attached hydrogens (tertiary/aromatic N) is 3. The molecule has 170 valence electrons. The molecule has 32 heavy (non-hydrogen) atoms. The molecule has 0 unspecified atom stereocenters. The van der Waals surface area contributed by atoms with Gasteiger partial charge >= 0.3 is 5.97 Å². The van der Waals surface area contributed by atoms with Crippen molar-refractivity contribution in [3.63, 3.8) is 0 Å². The summed E-state index contributed by atoms with van der Waals surface area (Å²) in [5, 5.41) is 11.3. The molecule has 1 atom stereocenters. The third kappa shape index (κ3) is 4.16. The van der Waals surface area contributed by atoms with E-state index in [1.54, 1.807) is 45.3 Å². The lowest BCUT2D eigenvalue weighted by atomic mass is 9.95. The number of aliphatic hydroxyl groups is 1. The highest BCUT2D eigenvalue weighted by molar-refractivity contribution is 6.46. The van der Waals surface area contributed by atoms with E-state index in [0.717, 1.165) is 0 Å². The van der Waals surface area contributed by atoms with Gasteiger partial charge in [0.15, 0.2) is 0 Å². The zero-order chi connectivity index (χ0) is 23.6. The molecule has 3 heterocycles. The fourth-order valence-electron chi connectivity index (χ4n) is 3.95. The van der Waals surface area contributed by atoms with E-state index >= 15 is 0 Å². The molecule has 0 radical (unpaired) electrons. The highest BCUT2D eigenvalue weighted by Gasteiger charge is 2.46. The molecule has 3 rings (SSSR count). The van der Waals surface area contributed by atoms with Gasteiger partial charge in [-0.1, -0.05) is 6.07 Å². The zero-order valence-electron chi connectivity index (χ0n) is 18.9. The normalized spacial score (nSPS) is 17.9. The maximum Gasteiger partial charge on any atom is 0.355 e. The van der Waals surface area contributed by atoms with Gasteiger partial charge in [0.1, 0.15) is 11.5 Å². The number of aryl methyl sites for hydroxylation is 1. The Kier molecular flexibility index (Phi) is 6.78. The summed E-state index contributed by atoms with van der Waals surface area (Å²) >= 11 is 0. The molecule has 1 aliphatic heterocycles. The molecule has 2 aromatic rings. The molecular weight excluding hydrogens is 412 g/mol. The number of carbonyl (C=O) groups is 3. The summed E-state index contributed by atoms with van der Waals surface area (Å²) in [4.78, 5) is 48.7. The Morgan fingerprint density at radius 3 is 2.62 bits per heavy atom. The Morgan fingerprint density at radius 2 is 2.03 bits per heavy atom. The Bertz CT molecular complexity index is 1070. The van der Waals surface area contributed by atoms with Gasteiger partial charge in [-0.25, -0.2) is 4.79 Å². The van der Waals surface area contributed by atoms with Crippen LogP contribution in [0.1, 0.15) is 45.8 Å². The molecule has 0 bridgehead atoms. The number of nitrogens with one attached hydrogen (secondary N) is 1. The standard InChI is InChI=1S/C23H28N4O5/c1-6-32-23(31)18-13(2)16(14(3)25-18)20(28)17-19(15-8-7-9-24-12-15)27(11-10-26(4)5)22(30)21(17)29/h7-9,12,19,25,28H,6,10-11H2,1-5H3/t19-/m1/s1. The monoisotopic (exact) mass is 440 g/mol. The minimum Gasteiger partial charge on any atom is -0.507 e. The van der Waals surface area contributed by atoms with E-state index < -0.39 is 23.7 Å². The minimum atomic E-state index is -0.789. The molecule has 0 spiro atoms. The van der Waals surface area contributed by atoms with Crippen molar-refractivity contribution >= 4 is 23.4 Å². The third-order valence-corrected chi connectivity index (χ3v) is 5.48. The van der Waals surface area contributed by atoms with E-state index in [2.05, 4.69) is 9.97 Å². The van der Waals surface area contributed by atoms with Crippen molar-refractivity contribution in [2.75, 3.05) is 33.8 Å². The summed E-state index contributed by atoms with van der Waals surface area (Å²) in [5.74, 6) is -2.33. The van der Waals surface area contributed by atoms with Crippen LogP contribution in [0.25, 0.3) is 5.76 Å². The summed E-state index contributed by atoms with van der Waals surface area (Å²) in [6.07, 6.45) is 3.18. The number of likely N-dealkylation sites (N-methyl/N-ethyl adjacent to an activating group) is 1. The van der Waals surface area contributed by atoms with Gasteiger partial charge in [-0.15, -0.1) is 0 Å². The molecule has 0 aliphatic carbocycles. The van der Waals surface area contributed by atoms with Crippen LogP contribution in [0.5, 0.6) is 0 Å². The average Bonchev–Trinajstić information content (AvgIpc) is 3.19. The van der Waals surface area contributed by atoms with Crippen molar-refractivity contribution in [2.24, 2.45) is 0 Å². The first-order valence-corrected chi connectivity index (χ1v) is 10.4. The predicted octanol–water partition coefficient (Wildman–Crippen LogP) is 2.19. The number of ketones is 1. The number of hydrogen-bond acceptors (Lipinski definition) is 7. The number of carbonyl (C=O) groups excluding carboxylic acids is 3. The van der Waals surface area contributed by atoms with Crippen LogP contribution in [-0.4, -0.2) is 76.3 Å². The molecule has 1 amide bonds. The number of likely N-dealkylation sites (tertiary alicyclic amines) is 1. The fourth-order valence-corrected chi connectivity index (χ4v) is 3.95. The first kappa shape index (κ1) is 23.2. The number of rotatable bonds is 7. The van der Waals surface area contributed by atoms with E-state index in [1.807, 2.05) is 19.0 Å². The van der Waals surface area contributed by atoms with Gasteiger partial charge in [0.05, 0.1) is 18.2 Å². The lowest BCUT2D eigenvalue weighted by Crippen LogP contribution is -2.35. The Hall–Kier alpha value is -3.46. The summed E-state index contributed by atoms with van der Waals surface area (Å²) in [7, 11) is 3.75. The summed E-state index contributed by atoms with van der Waals surface area (Å²) in [6.45, 7) is 6.09. The Balaban J connectivity index is 2.18. The van der Waals surface area contributed by atoms with Crippen LogP contribution in [0.2, 0.25) is 0 Å². The molecule has 1 fully saturated rings. The van der Waals surface area contributed by atoms with Crippen molar-refractivity contribution in [3.05, 3.63) is 58.2 Å². The lowest BCUT2D eigenvalue weighted by Gasteiger charge is -2.26. The van der Waals surface area contributed by atoms with Crippen molar-refractivity contribution < 1.29 is 24.2 Å². The van der Waals surface area contributed by atoms with Gasteiger partial charge in [0, 0.05) is 36.7 Å². The van der Waals surface area contributed by atoms with Crippen molar-refractivity contribution in [2.45, 2.75) is 26.8 Å². The van der Waals surface area contributed by atoms with Gasteiger partial charge in [0.2, 0.25) is 0 Å². The van der Waals surface area contributed by atoms with Crippen LogP contribution >= 0.6 is 0 Å². The van der Waals surface area contributed by atoms with Gasteiger partial charge < -0.3 is 24.6 Å². The maximum absolute atomic E-state index is 13.1. The van der Waals surface area contributed by atoms with E-state index in [4.69, 9.17) is 4.74 Å². The zero-order valence-corrected chi connectivity index (χ0v) is 18.9. The number of aromatic amines is 1. The van der Waals surface area contributed by atoms with Crippen molar-refractivity contribution in [1.29, 1.82) is 0 Å². The molecule has 9 heteroatoms. The number of esters is 1.